The minimum absolute atomic E-state index is 0.0476. The number of amidine groups is 1. The molecule has 0 aromatic heterocycles. The molecule has 3 rings (SSSR count). The number of nitrogens with zero attached hydrogens (tertiary/aromatic N) is 2. The molecular formula is C15H16BrClN2O3S2. The van der Waals surface area contributed by atoms with Crippen molar-refractivity contribution < 1.29 is 13.2 Å². The van der Waals surface area contributed by atoms with Crippen LogP contribution in [-0.4, -0.2) is 42.3 Å². The Bertz CT molecular complexity index is 826. The van der Waals surface area contributed by atoms with Crippen molar-refractivity contribution in [2.75, 3.05) is 16.4 Å². The summed E-state index contributed by atoms with van der Waals surface area (Å²) in [5.41, 5.74) is 0.673. The molecule has 0 spiro atoms. The summed E-state index contributed by atoms with van der Waals surface area (Å²) < 4.78 is 24.8. The average Bonchev–Trinajstić information content (AvgIpc) is 2.91. The summed E-state index contributed by atoms with van der Waals surface area (Å²) in [4.78, 5) is 18.1. The zero-order valence-electron chi connectivity index (χ0n) is 13.1. The highest BCUT2D eigenvalue weighted by atomic mass is 79.9. The molecule has 2 saturated heterocycles. The minimum atomic E-state index is -3.09. The first-order valence-electron chi connectivity index (χ1n) is 7.42. The van der Waals surface area contributed by atoms with Gasteiger partial charge in [-0.25, -0.2) is 8.42 Å². The number of halogens is 2. The SMILES string of the molecule is CC(C)C(=O)N=C1S[C@H]2CS(=O)(=O)C[C@H]2N1c1ccc(Br)cc1Cl. The van der Waals surface area contributed by atoms with Gasteiger partial charge in [0.25, 0.3) is 5.91 Å². The number of fused-ring (bicyclic) bond motifs is 1. The average molecular weight is 452 g/mol. The van der Waals surface area contributed by atoms with E-state index >= 15 is 0 Å². The number of carbonyl (C=O) groups is 1. The van der Waals surface area contributed by atoms with E-state index < -0.39 is 9.84 Å². The van der Waals surface area contributed by atoms with Gasteiger partial charge in [0, 0.05) is 15.6 Å². The molecule has 2 aliphatic heterocycles. The smallest absolute Gasteiger partial charge is 0.250 e. The molecule has 1 amide bonds. The quantitative estimate of drug-likeness (QED) is 0.690. The van der Waals surface area contributed by atoms with E-state index in [9.17, 15) is 13.2 Å². The van der Waals surface area contributed by atoms with Crippen LogP contribution in [0.1, 0.15) is 13.8 Å². The van der Waals surface area contributed by atoms with Crippen molar-refractivity contribution in [3.05, 3.63) is 27.7 Å². The standard InChI is InChI=1S/C15H16BrClN2O3S2/c1-8(2)14(20)18-15-19(11-4-3-9(16)5-10(11)17)12-6-24(21,22)7-13(12)23-15/h3-5,8,12-13H,6-7H2,1-2H3/t12-,13+/m1/s1. The van der Waals surface area contributed by atoms with Crippen molar-refractivity contribution in [3.8, 4) is 0 Å². The van der Waals surface area contributed by atoms with E-state index in [1.54, 1.807) is 19.9 Å². The van der Waals surface area contributed by atoms with Crippen molar-refractivity contribution in [3.63, 3.8) is 0 Å². The predicted octanol–water partition coefficient (Wildman–Crippen LogP) is 3.36. The maximum atomic E-state index is 12.1. The fourth-order valence-corrected chi connectivity index (χ4v) is 7.42. The Morgan fingerprint density at radius 3 is 2.75 bits per heavy atom. The molecule has 2 fully saturated rings. The number of sulfone groups is 1. The van der Waals surface area contributed by atoms with Gasteiger partial charge >= 0.3 is 0 Å². The van der Waals surface area contributed by atoms with Gasteiger partial charge in [0.2, 0.25) is 0 Å². The molecule has 24 heavy (non-hydrogen) atoms. The third-order valence-electron chi connectivity index (χ3n) is 3.94. The van der Waals surface area contributed by atoms with Gasteiger partial charge in [0.15, 0.2) is 15.0 Å². The third-order valence-corrected chi connectivity index (χ3v) is 7.94. The Morgan fingerprint density at radius 2 is 2.12 bits per heavy atom. The number of rotatable bonds is 2. The second-order valence-electron chi connectivity index (χ2n) is 6.15. The molecule has 2 atom stereocenters. The molecule has 1 aromatic rings. The van der Waals surface area contributed by atoms with Crippen LogP contribution < -0.4 is 4.90 Å². The highest BCUT2D eigenvalue weighted by Gasteiger charge is 2.49. The summed E-state index contributed by atoms with van der Waals surface area (Å²) in [6.07, 6.45) is 0. The number of hydrogen-bond donors (Lipinski definition) is 0. The van der Waals surface area contributed by atoms with E-state index in [2.05, 4.69) is 20.9 Å². The van der Waals surface area contributed by atoms with Crippen LogP contribution >= 0.6 is 39.3 Å². The molecule has 0 bridgehead atoms. The first-order valence-corrected chi connectivity index (χ1v) is 11.3. The molecular weight excluding hydrogens is 436 g/mol. The van der Waals surface area contributed by atoms with E-state index in [-0.39, 0.29) is 34.6 Å². The normalized spacial score (nSPS) is 27.0. The van der Waals surface area contributed by atoms with Crippen molar-refractivity contribution in [2.45, 2.75) is 25.1 Å². The van der Waals surface area contributed by atoms with E-state index in [1.165, 1.54) is 11.8 Å². The fraction of sp³-hybridized carbons (Fsp3) is 0.467. The summed E-state index contributed by atoms with van der Waals surface area (Å²) in [5.74, 6) is -0.295. The topological polar surface area (TPSA) is 66.8 Å². The van der Waals surface area contributed by atoms with Gasteiger partial charge in [-0.15, -0.1) is 0 Å². The zero-order valence-corrected chi connectivity index (χ0v) is 17.0. The van der Waals surface area contributed by atoms with E-state index in [0.29, 0.717) is 15.9 Å². The molecule has 0 aliphatic carbocycles. The Labute approximate surface area is 158 Å². The van der Waals surface area contributed by atoms with Crippen LogP contribution in [0.15, 0.2) is 27.7 Å². The lowest BCUT2D eigenvalue weighted by Gasteiger charge is -2.25. The number of thioether (sulfide) groups is 1. The molecule has 0 unspecified atom stereocenters. The van der Waals surface area contributed by atoms with Crippen molar-refractivity contribution in [1.29, 1.82) is 0 Å². The first-order chi connectivity index (χ1) is 11.2. The highest BCUT2D eigenvalue weighted by Crippen LogP contribution is 2.43. The monoisotopic (exact) mass is 450 g/mol. The molecule has 0 radical (unpaired) electrons. The fourth-order valence-electron chi connectivity index (χ4n) is 2.75. The second-order valence-corrected chi connectivity index (χ2v) is 10.8. The van der Waals surface area contributed by atoms with Crippen LogP contribution in [0.3, 0.4) is 0 Å². The van der Waals surface area contributed by atoms with Crippen LogP contribution in [0, 0.1) is 5.92 Å². The molecule has 5 nitrogen and oxygen atoms in total. The van der Waals surface area contributed by atoms with Crippen molar-refractivity contribution in [1.82, 2.24) is 0 Å². The van der Waals surface area contributed by atoms with Crippen LogP contribution in [0.2, 0.25) is 5.02 Å². The van der Waals surface area contributed by atoms with Gasteiger partial charge in [-0.3, -0.25) is 4.79 Å². The van der Waals surface area contributed by atoms with Gasteiger partial charge in [-0.1, -0.05) is 53.1 Å². The van der Waals surface area contributed by atoms with E-state index in [0.717, 1.165) is 4.47 Å². The lowest BCUT2D eigenvalue weighted by atomic mass is 10.2. The summed E-state index contributed by atoms with van der Waals surface area (Å²) in [5, 5.41) is 0.885. The van der Waals surface area contributed by atoms with Gasteiger partial charge in [-0.2, -0.15) is 4.99 Å². The molecule has 130 valence electrons. The van der Waals surface area contributed by atoms with Gasteiger partial charge < -0.3 is 4.90 Å². The summed E-state index contributed by atoms with van der Waals surface area (Å²) in [6.45, 7) is 3.57. The summed E-state index contributed by atoms with van der Waals surface area (Å²) in [7, 11) is -3.09. The lowest BCUT2D eigenvalue weighted by Crippen LogP contribution is -2.38. The maximum absolute atomic E-state index is 12.1. The molecule has 0 N–H and O–H groups in total. The number of carbonyl (C=O) groups excluding carboxylic acids is 1. The van der Waals surface area contributed by atoms with Crippen LogP contribution in [-0.2, 0) is 14.6 Å². The van der Waals surface area contributed by atoms with Gasteiger partial charge in [0.1, 0.15) is 0 Å². The Morgan fingerprint density at radius 1 is 1.42 bits per heavy atom. The summed E-state index contributed by atoms with van der Waals surface area (Å²) >= 11 is 11.1. The largest absolute Gasteiger partial charge is 0.314 e. The van der Waals surface area contributed by atoms with Gasteiger partial charge in [0.05, 0.1) is 28.3 Å². The molecule has 2 heterocycles. The Balaban J connectivity index is 2.06. The number of amides is 1. The Hall–Kier alpha value is -0.570. The van der Waals surface area contributed by atoms with E-state index in [1.807, 2.05) is 17.0 Å². The second kappa shape index (κ2) is 6.63. The first kappa shape index (κ1) is 18.2. The Kier molecular flexibility index (Phi) is 5.03. The predicted molar refractivity (Wildman–Crippen MR) is 103 cm³/mol. The van der Waals surface area contributed by atoms with Crippen LogP contribution in [0.4, 0.5) is 5.69 Å². The molecule has 9 heteroatoms. The molecule has 2 aliphatic rings. The van der Waals surface area contributed by atoms with Crippen molar-refractivity contribution in [2.24, 2.45) is 10.9 Å². The van der Waals surface area contributed by atoms with Gasteiger partial charge in [-0.05, 0) is 18.2 Å². The maximum Gasteiger partial charge on any atom is 0.250 e. The molecule has 1 aromatic carbocycles. The number of aliphatic imine (C=N–C) groups is 1. The summed E-state index contributed by atoms with van der Waals surface area (Å²) in [6, 6.07) is 5.15. The van der Waals surface area contributed by atoms with Crippen molar-refractivity contribution >= 4 is 65.9 Å². The lowest BCUT2D eigenvalue weighted by molar-refractivity contribution is -0.120. The third kappa shape index (κ3) is 3.52. The van der Waals surface area contributed by atoms with Crippen LogP contribution in [0.5, 0.6) is 0 Å². The number of hydrogen-bond acceptors (Lipinski definition) is 4. The number of benzene rings is 1. The van der Waals surface area contributed by atoms with Crippen LogP contribution in [0.25, 0.3) is 0 Å². The highest BCUT2D eigenvalue weighted by molar-refractivity contribution is 9.10. The molecule has 0 saturated carbocycles. The minimum Gasteiger partial charge on any atom is -0.314 e. The van der Waals surface area contributed by atoms with E-state index in [4.69, 9.17) is 11.6 Å². The zero-order chi connectivity index (χ0) is 17.6. The number of anilines is 1.